The van der Waals surface area contributed by atoms with Crippen molar-refractivity contribution in [3.05, 3.63) is 79.4 Å². The van der Waals surface area contributed by atoms with Gasteiger partial charge in [-0.15, -0.1) is 11.3 Å². The maximum absolute atomic E-state index is 12.3. The van der Waals surface area contributed by atoms with E-state index in [2.05, 4.69) is 10.4 Å². The summed E-state index contributed by atoms with van der Waals surface area (Å²) in [7, 11) is 0. The van der Waals surface area contributed by atoms with E-state index in [1.54, 1.807) is 6.07 Å². The first-order valence-corrected chi connectivity index (χ1v) is 8.99. The third-order valence-corrected chi connectivity index (χ3v) is 4.89. The highest BCUT2D eigenvalue weighted by Crippen LogP contribution is 2.21. The maximum Gasteiger partial charge on any atom is 0.273 e. The zero-order valence-electron chi connectivity index (χ0n) is 14.4. The molecule has 2 heterocycles. The summed E-state index contributed by atoms with van der Waals surface area (Å²) in [5.74, 6) is -0.432. The highest BCUT2D eigenvalue weighted by molar-refractivity contribution is 7.13. The lowest BCUT2D eigenvalue weighted by molar-refractivity contribution is -0.385. The van der Waals surface area contributed by atoms with Crippen molar-refractivity contribution in [1.29, 1.82) is 0 Å². The van der Waals surface area contributed by atoms with Gasteiger partial charge >= 0.3 is 0 Å². The molecule has 27 heavy (non-hydrogen) atoms. The maximum atomic E-state index is 12.3. The van der Waals surface area contributed by atoms with Crippen LogP contribution < -0.4 is 10.9 Å². The SMILES string of the molecule is Cc1c(C(=O)NCCn2nc(-c3cccs3)ccc2=O)cccc1[N+](=O)[O-]. The zero-order chi connectivity index (χ0) is 19.4. The Morgan fingerprint density at radius 2 is 2.07 bits per heavy atom. The van der Waals surface area contributed by atoms with Crippen LogP contribution in [0, 0.1) is 17.0 Å². The molecule has 0 spiro atoms. The minimum absolute atomic E-state index is 0.107. The van der Waals surface area contributed by atoms with Crippen molar-refractivity contribution >= 4 is 22.9 Å². The molecule has 0 aliphatic carbocycles. The number of benzene rings is 1. The number of rotatable bonds is 6. The number of aromatic nitrogens is 2. The number of carbonyl (C=O) groups excluding carboxylic acids is 1. The second kappa shape index (κ2) is 7.92. The molecule has 0 atom stereocenters. The summed E-state index contributed by atoms with van der Waals surface area (Å²) >= 11 is 1.52. The zero-order valence-corrected chi connectivity index (χ0v) is 15.2. The smallest absolute Gasteiger partial charge is 0.273 e. The van der Waals surface area contributed by atoms with E-state index in [-0.39, 0.29) is 29.9 Å². The number of thiophene rings is 1. The first-order chi connectivity index (χ1) is 13.0. The average molecular weight is 384 g/mol. The van der Waals surface area contributed by atoms with Crippen LogP contribution in [-0.2, 0) is 6.54 Å². The van der Waals surface area contributed by atoms with E-state index in [9.17, 15) is 19.7 Å². The number of amides is 1. The molecule has 3 rings (SSSR count). The first-order valence-electron chi connectivity index (χ1n) is 8.11. The third-order valence-electron chi connectivity index (χ3n) is 4.00. The molecule has 0 fully saturated rings. The largest absolute Gasteiger partial charge is 0.350 e. The Morgan fingerprint density at radius 1 is 1.26 bits per heavy atom. The van der Waals surface area contributed by atoms with Gasteiger partial charge < -0.3 is 5.32 Å². The number of nitrogens with one attached hydrogen (secondary N) is 1. The fourth-order valence-electron chi connectivity index (χ4n) is 2.60. The number of carbonyl (C=O) groups is 1. The minimum Gasteiger partial charge on any atom is -0.350 e. The van der Waals surface area contributed by atoms with Gasteiger partial charge in [0.2, 0.25) is 0 Å². The molecule has 2 aromatic heterocycles. The minimum atomic E-state index is -0.522. The fraction of sp³-hybridized carbons (Fsp3) is 0.167. The third kappa shape index (κ3) is 4.09. The van der Waals surface area contributed by atoms with Crippen LogP contribution in [0.25, 0.3) is 10.6 Å². The summed E-state index contributed by atoms with van der Waals surface area (Å²) in [6.45, 7) is 1.89. The lowest BCUT2D eigenvalue weighted by Gasteiger charge is -2.09. The van der Waals surface area contributed by atoms with Gasteiger partial charge in [0.1, 0.15) is 5.69 Å². The van der Waals surface area contributed by atoms with Gasteiger partial charge in [-0.2, -0.15) is 5.10 Å². The summed E-state index contributed by atoms with van der Waals surface area (Å²) in [5.41, 5.74) is 0.845. The Kier molecular flexibility index (Phi) is 5.41. The van der Waals surface area contributed by atoms with Crippen LogP contribution in [0.15, 0.2) is 52.6 Å². The predicted molar refractivity (Wildman–Crippen MR) is 102 cm³/mol. The van der Waals surface area contributed by atoms with Crippen molar-refractivity contribution in [3.63, 3.8) is 0 Å². The van der Waals surface area contributed by atoms with E-state index in [0.29, 0.717) is 11.3 Å². The van der Waals surface area contributed by atoms with Crippen LogP contribution >= 0.6 is 11.3 Å². The summed E-state index contributed by atoms with van der Waals surface area (Å²) in [6, 6.07) is 11.3. The van der Waals surface area contributed by atoms with Crippen LogP contribution in [0.1, 0.15) is 15.9 Å². The van der Waals surface area contributed by atoms with E-state index < -0.39 is 10.8 Å². The molecule has 0 bridgehead atoms. The number of nitro groups is 1. The summed E-state index contributed by atoms with van der Waals surface area (Å²) in [4.78, 5) is 35.7. The number of hydrogen-bond acceptors (Lipinski definition) is 6. The molecule has 0 unspecified atom stereocenters. The first kappa shape index (κ1) is 18.5. The predicted octanol–water partition coefficient (Wildman–Crippen LogP) is 2.62. The molecule has 1 N–H and O–H groups in total. The number of hydrogen-bond donors (Lipinski definition) is 1. The van der Waals surface area contributed by atoms with E-state index in [4.69, 9.17) is 0 Å². The highest BCUT2D eigenvalue weighted by atomic mass is 32.1. The average Bonchev–Trinajstić information content (AvgIpc) is 3.17. The second-order valence-corrected chi connectivity index (χ2v) is 6.67. The Labute approximate surface area is 158 Å². The van der Waals surface area contributed by atoms with Crippen LogP contribution in [0.4, 0.5) is 5.69 Å². The molecule has 8 nitrogen and oxygen atoms in total. The molecule has 0 aliphatic heterocycles. The highest BCUT2D eigenvalue weighted by Gasteiger charge is 2.17. The summed E-state index contributed by atoms with van der Waals surface area (Å²) in [5, 5.41) is 19.9. The summed E-state index contributed by atoms with van der Waals surface area (Å²) in [6.07, 6.45) is 0. The lowest BCUT2D eigenvalue weighted by Crippen LogP contribution is -2.32. The molecule has 0 saturated heterocycles. The molecule has 0 radical (unpaired) electrons. The van der Waals surface area contributed by atoms with Crippen molar-refractivity contribution < 1.29 is 9.72 Å². The van der Waals surface area contributed by atoms with Gasteiger partial charge in [-0.1, -0.05) is 12.1 Å². The van der Waals surface area contributed by atoms with Crippen molar-refractivity contribution in [1.82, 2.24) is 15.1 Å². The van der Waals surface area contributed by atoms with Gasteiger partial charge in [-0.25, -0.2) is 4.68 Å². The van der Waals surface area contributed by atoms with Gasteiger partial charge in [0.15, 0.2) is 0 Å². The molecule has 9 heteroatoms. The van der Waals surface area contributed by atoms with Crippen molar-refractivity contribution in [3.8, 4) is 10.6 Å². The normalized spacial score (nSPS) is 10.6. The van der Waals surface area contributed by atoms with Crippen molar-refractivity contribution in [2.24, 2.45) is 0 Å². The Morgan fingerprint density at radius 3 is 2.78 bits per heavy atom. The molecule has 1 aromatic carbocycles. The van der Waals surface area contributed by atoms with Crippen LogP contribution in [0.5, 0.6) is 0 Å². The Bertz CT molecular complexity index is 1040. The fourth-order valence-corrected chi connectivity index (χ4v) is 3.29. The lowest BCUT2D eigenvalue weighted by atomic mass is 10.1. The number of nitrogens with zero attached hydrogens (tertiary/aromatic N) is 3. The Balaban J connectivity index is 1.69. The topological polar surface area (TPSA) is 107 Å². The Hall–Kier alpha value is -3.33. The monoisotopic (exact) mass is 384 g/mol. The standard InChI is InChI=1S/C18H16N4O4S/c1-12-13(4-2-5-15(12)22(25)26)18(24)19-9-10-21-17(23)8-7-14(20-21)16-6-3-11-27-16/h2-8,11H,9-10H2,1H3,(H,19,24). The van der Waals surface area contributed by atoms with Gasteiger partial charge in [-0.05, 0) is 30.5 Å². The van der Waals surface area contributed by atoms with Gasteiger partial charge in [0.05, 0.1) is 16.3 Å². The van der Waals surface area contributed by atoms with Crippen molar-refractivity contribution in [2.45, 2.75) is 13.5 Å². The van der Waals surface area contributed by atoms with E-state index in [1.807, 2.05) is 17.5 Å². The second-order valence-electron chi connectivity index (χ2n) is 5.72. The van der Waals surface area contributed by atoms with E-state index >= 15 is 0 Å². The van der Waals surface area contributed by atoms with Crippen LogP contribution in [-0.4, -0.2) is 27.2 Å². The quantitative estimate of drug-likeness (QED) is 0.519. The van der Waals surface area contributed by atoms with E-state index in [1.165, 1.54) is 47.2 Å². The van der Waals surface area contributed by atoms with Crippen LogP contribution in [0.3, 0.4) is 0 Å². The van der Waals surface area contributed by atoms with Gasteiger partial charge in [-0.3, -0.25) is 19.7 Å². The molecule has 3 aromatic rings. The molecule has 138 valence electrons. The van der Waals surface area contributed by atoms with E-state index in [0.717, 1.165) is 4.88 Å². The van der Waals surface area contributed by atoms with Crippen LogP contribution in [0.2, 0.25) is 0 Å². The van der Waals surface area contributed by atoms with Gasteiger partial charge in [0, 0.05) is 29.8 Å². The molecular formula is C18H16N4O4S. The number of nitro benzene ring substituents is 1. The molecule has 0 saturated carbocycles. The van der Waals surface area contributed by atoms with Crippen molar-refractivity contribution in [2.75, 3.05) is 6.54 Å². The molecule has 1 amide bonds. The molecular weight excluding hydrogens is 368 g/mol. The van der Waals surface area contributed by atoms with Gasteiger partial charge in [0.25, 0.3) is 17.2 Å². The summed E-state index contributed by atoms with van der Waals surface area (Å²) < 4.78 is 1.29. The molecule has 0 aliphatic rings.